The van der Waals surface area contributed by atoms with Crippen LogP contribution < -0.4 is 11.3 Å². The highest BCUT2D eigenvalue weighted by Gasteiger charge is 2.31. The van der Waals surface area contributed by atoms with Crippen LogP contribution in [0.2, 0.25) is 0 Å². The summed E-state index contributed by atoms with van der Waals surface area (Å²) in [5.74, 6) is -4.55. The highest BCUT2D eigenvalue weighted by molar-refractivity contribution is 5.33. The Morgan fingerprint density at radius 3 is 1.90 bits per heavy atom. The van der Waals surface area contributed by atoms with Gasteiger partial charge in [-0.15, -0.1) is 0 Å². The van der Waals surface area contributed by atoms with Crippen molar-refractivity contribution in [2.24, 2.45) is 5.84 Å². The molecule has 0 radical (unpaired) electrons. The van der Waals surface area contributed by atoms with E-state index in [0.29, 0.717) is 18.4 Å². The van der Waals surface area contributed by atoms with Gasteiger partial charge in [0.25, 0.3) is 0 Å². The van der Waals surface area contributed by atoms with E-state index < -0.39 is 40.7 Å². The van der Waals surface area contributed by atoms with Crippen LogP contribution >= 0.6 is 0 Å². The fraction of sp³-hybridized carbons (Fsp3) is 0.385. The molecule has 1 unspecified atom stereocenters. The van der Waals surface area contributed by atoms with Crippen LogP contribution in [0.4, 0.5) is 22.0 Å². The van der Waals surface area contributed by atoms with Gasteiger partial charge in [-0.25, -0.2) is 27.4 Å². The molecule has 1 atom stereocenters. The second-order valence-electron chi connectivity index (χ2n) is 4.61. The topological polar surface area (TPSA) is 38.0 Å². The maximum absolute atomic E-state index is 13.8. The lowest BCUT2D eigenvalue weighted by atomic mass is 9.89. The smallest absolute Gasteiger partial charge is 0.200 e. The van der Waals surface area contributed by atoms with Gasteiger partial charge in [0.05, 0.1) is 11.6 Å². The molecular weight excluding hydrogens is 279 g/mol. The van der Waals surface area contributed by atoms with Crippen molar-refractivity contribution in [2.45, 2.75) is 31.7 Å². The first-order valence-corrected chi connectivity index (χ1v) is 6.15. The Morgan fingerprint density at radius 2 is 1.45 bits per heavy atom. The van der Waals surface area contributed by atoms with Crippen molar-refractivity contribution in [3.63, 3.8) is 0 Å². The molecule has 2 rings (SSSR count). The number of rotatable bonds is 3. The molecule has 0 bridgehead atoms. The van der Waals surface area contributed by atoms with E-state index in [9.17, 15) is 22.0 Å². The summed E-state index contributed by atoms with van der Waals surface area (Å²) in [6, 6.07) is -1.22. The number of hydrogen-bond acceptors (Lipinski definition) is 2. The van der Waals surface area contributed by atoms with Crippen LogP contribution in [0.5, 0.6) is 0 Å². The molecule has 2 nitrogen and oxygen atoms in total. The molecule has 0 fully saturated rings. The quantitative estimate of drug-likeness (QED) is 0.224. The molecule has 0 saturated heterocycles. The summed E-state index contributed by atoms with van der Waals surface area (Å²) < 4.78 is 67.0. The summed E-state index contributed by atoms with van der Waals surface area (Å²) in [6.07, 6.45) is 4.58. The lowest BCUT2D eigenvalue weighted by Crippen LogP contribution is -2.32. The maximum Gasteiger partial charge on any atom is 0.200 e. The first kappa shape index (κ1) is 14.9. The second-order valence-corrected chi connectivity index (χ2v) is 4.61. The van der Waals surface area contributed by atoms with Crippen LogP contribution in [0.15, 0.2) is 11.6 Å². The molecule has 0 aromatic heterocycles. The minimum atomic E-state index is -2.17. The molecule has 110 valence electrons. The van der Waals surface area contributed by atoms with Gasteiger partial charge in [0, 0.05) is 0 Å². The van der Waals surface area contributed by atoms with Gasteiger partial charge in [0.2, 0.25) is 5.82 Å². The average Bonchev–Trinajstić information content (AvgIpc) is 2.48. The molecular formula is C13H13F5N2. The Balaban J connectivity index is 2.58. The van der Waals surface area contributed by atoms with Gasteiger partial charge in [-0.3, -0.25) is 5.84 Å². The number of benzene rings is 1. The van der Waals surface area contributed by atoms with Crippen LogP contribution in [-0.4, -0.2) is 0 Å². The minimum absolute atomic E-state index is 0.494. The molecule has 1 aliphatic carbocycles. The highest BCUT2D eigenvalue weighted by atomic mass is 19.2. The number of halogens is 5. The Morgan fingerprint density at radius 1 is 0.900 bits per heavy atom. The van der Waals surface area contributed by atoms with Gasteiger partial charge < -0.3 is 0 Å². The van der Waals surface area contributed by atoms with E-state index in [1.807, 2.05) is 0 Å². The van der Waals surface area contributed by atoms with Gasteiger partial charge in [0.15, 0.2) is 23.3 Å². The molecule has 1 aliphatic rings. The van der Waals surface area contributed by atoms with E-state index in [0.717, 1.165) is 12.8 Å². The SMILES string of the molecule is NNC(C1=CCCCC1)c1c(F)c(F)c(F)c(F)c1F. The molecule has 0 saturated carbocycles. The van der Waals surface area contributed by atoms with E-state index >= 15 is 0 Å². The van der Waals surface area contributed by atoms with E-state index in [1.54, 1.807) is 6.08 Å². The predicted molar refractivity (Wildman–Crippen MR) is 62.8 cm³/mol. The van der Waals surface area contributed by atoms with Gasteiger partial charge in [-0.1, -0.05) is 11.6 Å². The second kappa shape index (κ2) is 5.88. The molecule has 0 heterocycles. The van der Waals surface area contributed by atoms with Crippen LogP contribution in [-0.2, 0) is 0 Å². The van der Waals surface area contributed by atoms with Crippen molar-refractivity contribution in [1.82, 2.24) is 5.43 Å². The number of nitrogens with one attached hydrogen (secondary N) is 1. The number of allylic oxidation sites excluding steroid dienone is 1. The number of hydrogen-bond donors (Lipinski definition) is 2. The van der Waals surface area contributed by atoms with Gasteiger partial charge in [-0.05, 0) is 25.7 Å². The third-order valence-electron chi connectivity index (χ3n) is 3.40. The van der Waals surface area contributed by atoms with Crippen LogP contribution in [0, 0.1) is 29.1 Å². The third kappa shape index (κ3) is 2.43. The highest BCUT2D eigenvalue weighted by Crippen LogP contribution is 2.34. The Labute approximate surface area is 112 Å². The normalized spacial score (nSPS) is 17.0. The molecule has 20 heavy (non-hydrogen) atoms. The molecule has 1 aromatic carbocycles. The first-order valence-electron chi connectivity index (χ1n) is 6.15. The molecule has 0 spiro atoms. The average molecular weight is 292 g/mol. The van der Waals surface area contributed by atoms with E-state index in [1.165, 1.54) is 0 Å². The summed E-state index contributed by atoms with van der Waals surface area (Å²) in [7, 11) is 0. The molecule has 0 aliphatic heterocycles. The van der Waals surface area contributed by atoms with Crippen LogP contribution in [0.25, 0.3) is 0 Å². The fourth-order valence-electron chi connectivity index (χ4n) is 2.38. The summed E-state index contributed by atoms with van der Waals surface area (Å²) >= 11 is 0. The third-order valence-corrected chi connectivity index (χ3v) is 3.40. The maximum atomic E-state index is 13.8. The van der Waals surface area contributed by atoms with Crippen molar-refractivity contribution in [2.75, 3.05) is 0 Å². The van der Waals surface area contributed by atoms with E-state index in [4.69, 9.17) is 5.84 Å². The predicted octanol–water partition coefficient (Wildman–Crippen LogP) is 3.39. The Kier molecular flexibility index (Phi) is 4.39. The first-order chi connectivity index (χ1) is 9.49. The largest absolute Gasteiger partial charge is 0.271 e. The lowest BCUT2D eigenvalue weighted by molar-refractivity contribution is 0.360. The van der Waals surface area contributed by atoms with Gasteiger partial charge >= 0.3 is 0 Å². The Hall–Kier alpha value is -1.47. The summed E-state index contributed by atoms with van der Waals surface area (Å²) in [6.45, 7) is 0. The van der Waals surface area contributed by atoms with E-state index in [2.05, 4.69) is 5.43 Å². The molecule has 1 aromatic rings. The van der Waals surface area contributed by atoms with Crippen molar-refractivity contribution < 1.29 is 22.0 Å². The minimum Gasteiger partial charge on any atom is -0.271 e. The van der Waals surface area contributed by atoms with Crippen LogP contribution in [0.1, 0.15) is 37.3 Å². The zero-order chi connectivity index (χ0) is 14.9. The number of hydrazine groups is 1. The zero-order valence-electron chi connectivity index (χ0n) is 10.5. The van der Waals surface area contributed by atoms with Gasteiger partial charge in [-0.2, -0.15) is 0 Å². The van der Waals surface area contributed by atoms with E-state index in [-0.39, 0.29) is 0 Å². The zero-order valence-corrected chi connectivity index (χ0v) is 10.5. The lowest BCUT2D eigenvalue weighted by Gasteiger charge is -2.24. The summed E-state index contributed by atoms with van der Waals surface area (Å²) in [5.41, 5.74) is 1.74. The van der Waals surface area contributed by atoms with Crippen molar-refractivity contribution >= 4 is 0 Å². The molecule has 3 N–H and O–H groups in total. The number of nitrogens with two attached hydrogens (primary N) is 1. The van der Waals surface area contributed by atoms with Crippen molar-refractivity contribution in [3.05, 3.63) is 46.3 Å². The monoisotopic (exact) mass is 292 g/mol. The molecule has 7 heteroatoms. The van der Waals surface area contributed by atoms with Crippen molar-refractivity contribution in [3.8, 4) is 0 Å². The fourth-order valence-corrected chi connectivity index (χ4v) is 2.38. The Bertz CT molecular complexity index is 527. The summed E-state index contributed by atoms with van der Waals surface area (Å²) in [5, 5.41) is 0. The van der Waals surface area contributed by atoms with Crippen LogP contribution in [0.3, 0.4) is 0 Å². The molecule has 0 amide bonds. The van der Waals surface area contributed by atoms with Crippen molar-refractivity contribution in [1.29, 1.82) is 0 Å². The summed E-state index contributed by atoms with van der Waals surface area (Å²) in [4.78, 5) is 0. The standard InChI is InChI=1S/C13H13F5N2/c14-8-7(9(15)11(17)12(18)10(8)16)13(20-19)6-4-2-1-3-5-6/h4,13,20H,1-3,5,19H2. The van der Waals surface area contributed by atoms with Gasteiger partial charge in [0.1, 0.15) is 0 Å².